The lowest BCUT2D eigenvalue weighted by molar-refractivity contribution is -0.883. The van der Waals surface area contributed by atoms with Gasteiger partial charge in [-0.3, -0.25) is 4.79 Å². The number of benzene rings is 1. The van der Waals surface area contributed by atoms with Crippen LogP contribution in [0.3, 0.4) is 0 Å². The predicted octanol–water partition coefficient (Wildman–Crippen LogP) is 3.05. The number of carbonyl (C=O) groups excluding carboxylic acids is 1. The van der Waals surface area contributed by atoms with Crippen molar-refractivity contribution in [1.29, 1.82) is 0 Å². The van der Waals surface area contributed by atoms with Crippen LogP contribution in [-0.2, 0) is 4.79 Å². The molecule has 1 N–H and O–H groups in total. The van der Waals surface area contributed by atoms with Crippen LogP contribution in [0.2, 0.25) is 10.0 Å². The molecule has 5 nitrogen and oxygen atoms in total. The predicted molar refractivity (Wildman–Crippen MR) is 110 cm³/mol. The van der Waals surface area contributed by atoms with Crippen molar-refractivity contribution in [1.82, 2.24) is 4.90 Å². The van der Waals surface area contributed by atoms with Crippen molar-refractivity contribution in [3.63, 3.8) is 0 Å². The Morgan fingerprint density at radius 2 is 1.96 bits per heavy atom. The molecule has 1 saturated heterocycles. The average Bonchev–Trinajstić information content (AvgIpc) is 3.26. The highest BCUT2D eigenvalue weighted by Gasteiger charge is 2.29. The molecule has 1 aromatic carbocycles. The number of likely N-dealkylation sites (N-methyl/N-ethyl adjacent to an activating group) is 1. The van der Waals surface area contributed by atoms with E-state index >= 15 is 0 Å². The summed E-state index contributed by atoms with van der Waals surface area (Å²) in [6, 6.07) is 9.01. The lowest BCUT2D eigenvalue weighted by Gasteiger charge is -2.30. The van der Waals surface area contributed by atoms with Crippen molar-refractivity contribution in [2.75, 3.05) is 33.2 Å². The summed E-state index contributed by atoms with van der Waals surface area (Å²) in [5.41, 5.74) is 0.830. The number of amidine groups is 1. The zero-order valence-corrected chi connectivity index (χ0v) is 17.0. The second-order valence-corrected chi connectivity index (χ2v) is 8.41. The number of nitrogens with zero attached hydrogens (tertiary/aromatic N) is 2. The highest BCUT2D eigenvalue weighted by molar-refractivity contribution is 8.18. The average molecular weight is 423 g/mol. The normalized spacial score (nSPS) is 19.8. The molecule has 0 spiro atoms. The summed E-state index contributed by atoms with van der Waals surface area (Å²) in [7, 11) is 2.18. The zero-order chi connectivity index (χ0) is 19.0. The van der Waals surface area contributed by atoms with E-state index in [1.54, 1.807) is 18.2 Å². The number of hydrogen-bond acceptors (Lipinski definition) is 4. The molecule has 4 rings (SSSR count). The summed E-state index contributed by atoms with van der Waals surface area (Å²) in [4.78, 5) is 20.7. The first-order chi connectivity index (χ1) is 13.0. The third-order valence-corrected chi connectivity index (χ3v) is 6.38. The van der Waals surface area contributed by atoms with Crippen LogP contribution in [-0.4, -0.2) is 49.2 Å². The molecule has 1 amide bonds. The van der Waals surface area contributed by atoms with Gasteiger partial charge in [-0.05, 0) is 42.1 Å². The minimum Gasteiger partial charge on any atom is -0.457 e. The van der Waals surface area contributed by atoms with Crippen molar-refractivity contribution in [2.45, 2.75) is 0 Å². The number of thioether (sulfide) groups is 1. The SMILES string of the molecule is C[NH+]1CCN(C2=NC(=O)/C(=C/c3ccc(-c4ccc(Cl)c(Cl)c4)o3)S2)CC1. The lowest BCUT2D eigenvalue weighted by Crippen LogP contribution is -3.12. The van der Waals surface area contributed by atoms with Crippen molar-refractivity contribution in [3.05, 3.63) is 51.0 Å². The van der Waals surface area contributed by atoms with Gasteiger partial charge >= 0.3 is 0 Å². The second-order valence-electron chi connectivity index (χ2n) is 6.59. The number of rotatable bonds is 2. The van der Waals surface area contributed by atoms with Crippen LogP contribution in [0.15, 0.2) is 44.6 Å². The number of carbonyl (C=O) groups is 1. The molecule has 0 bridgehead atoms. The van der Waals surface area contributed by atoms with Crippen LogP contribution in [0.5, 0.6) is 0 Å². The maximum absolute atomic E-state index is 12.3. The monoisotopic (exact) mass is 422 g/mol. The van der Waals surface area contributed by atoms with E-state index in [-0.39, 0.29) is 5.91 Å². The topological polar surface area (TPSA) is 50.2 Å². The van der Waals surface area contributed by atoms with Gasteiger partial charge in [0.1, 0.15) is 11.5 Å². The Bertz CT molecular complexity index is 946. The molecule has 3 heterocycles. The largest absolute Gasteiger partial charge is 0.457 e. The summed E-state index contributed by atoms with van der Waals surface area (Å²) in [6.07, 6.45) is 1.74. The van der Waals surface area contributed by atoms with Crippen LogP contribution < -0.4 is 4.90 Å². The fourth-order valence-corrected chi connectivity index (χ4v) is 4.22. The van der Waals surface area contributed by atoms with Gasteiger partial charge in [-0.2, -0.15) is 4.99 Å². The van der Waals surface area contributed by atoms with Gasteiger partial charge in [0, 0.05) is 11.6 Å². The van der Waals surface area contributed by atoms with Gasteiger partial charge in [0.2, 0.25) is 0 Å². The fraction of sp³-hybridized carbons (Fsp3) is 0.263. The van der Waals surface area contributed by atoms with E-state index < -0.39 is 0 Å². The van der Waals surface area contributed by atoms with Crippen molar-refractivity contribution in [2.24, 2.45) is 4.99 Å². The van der Waals surface area contributed by atoms with Gasteiger partial charge in [-0.25, -0.2) is 0 Å². The van der Waals surface area contributed by atoms with E-state index in [9.17, 15) is 4.79 Å². The number of aliphatic imine (C=N–C) groups is 1. The Balaban J connectivity index is 1.49. The standard InChI is InChI=1S/C19H17Cl2N3O2S/c1-23-6-8-24(9-7-23)19-22-18(25)17(27-19)11-13-3-5-16(26-13)12-2-4-14(20)15(21)10-12/h2-5,10-11H,6-9H2,1H3/p+1/b17-11-. The first-order valence-corrected chi connectivity index (χ1v) is 10.2. The highest BCUT2D eigenvalue weighted by Crippen LogP contribution is 2.33. The smallest absolute Gasteiger partial charge is 0.286 e. The molecule has 8 heteroatoms. The van der Waals surface area contributed by atoms with Crippen molar-refractivity contribution in [3.8, 4) is 11.3 Å². The van der Waals surface area contributed by atoms with Crippen LogP contribution in [0.4, 0.5) is 0 Å². The molecule has 0 saturated carbocycles. The van der Waals surface area contributed by atoms with Gasteiger partial charge in [0.05, 0.1) is 48.2 Å². The van der Waals surface area contributed by atoms with E-state index in [0.29, 0.717) is 26.5 Å². The Labute approximate surface area is 171 Å². The molecule has 0 radical (unpaired) electrons. The molecule has 1 fully saturated rings. The lowest BCUT2D eigenvalue weighted by atomic mass is 10.2. The molecule has 2 aliphatic rings. The van der Waals surface area contributed by atoms with E-state index in [1.165, 1.54) is 16.7 Å². The van der Waals surface area contributed by atoms with Crippen LogP contribution >= 0.6 is 35.0 Å². The Morgan fingerprint density at radius 3 is 2.70 bits per heavy atom. The van der Waals surface area contributed by atoms with Crippen LogP contribution in [0.1, 0.15) is 5.76 Å². The summed E-state index contributed by atoms with van der Waals surface area (Å²) < 4.78 is 5.86. The van der Waals surface area contributed by atoms with Gasteiger partial charge < -0.3 is 14.2 Å². The van der Waals surface area contributed by atoms with Gasteiger partial charge in [-0.15, -0.1) is 0 Å². The summed E-state index contributed by atoms with van der Waals surface area (Å²) in [6.45, 7) is 3.94. The molecular weight excluding hydrogens is 405 g/mol. The highest BCUT2D eigenvalue weighted by atomic mass is 35.5. The summed E-state index contributed by atoms with van der Waals surface area (Å²) in [5.74, 6) is 1.05. The number of nitrogens with one attached hydrogen (secondary N) is 1. The molecule has 0 atom stereocenters. The maximum atomic E-state index is 12.3. The summed E-state index contributed by atoms with van der Waals surface area (Å²) in [5, 5.41) is 1.76. The van der Waals surface area contributed by atoms with Gasteiger partial charge in [-0.1, -0.05) is 23.2 Å². The van der Waals surface area contributed by atoms with Crippen LogP contribution in [0.25, 0.3) is 17.4 Å². The molecule has 2 aromatic rings. The number of furan rings is 1. The number of amides is 1. The first-order valence-electron chi connectivity index (χ1n) is 8.64. The van der Waals surface area contributed by atoms with Gasteiger partial charge in [0.15, 0.2) is 5.17 Å². The quantitative estimate of drug-likeness (QED) is 0.755. The fourth-order valence-electron chi connectivity index (χ4n) is 2.98. The minimum absolute atomic E-state index is 0.214. The molecule has 0 aliphatic carbocycles. The minimum atomic E-state index is -0.214. The Kier molecular flexibility index (Phi) is 5.32. The number of halogens is 2. The molecule has 2 aliphatic heterocycles. The van der Waals surface area contributed by atoms with Gasteiger partial charge in [0.25, 0.3) is 5.91 Å². The Morgan fingerprint density at radius 1 is 1.19 bits per heavy atom. The van der Waals surface area contributed by atoms with E-state index in [4.69, 9.17) is 27.6 Å². The number of quaternary nitrogens is 1. The maximum Gasteiger partial charge on any atom is 0.286 e. The van der Waals surface area contributed by atoms with E-state index in [2.05, 4.69) is 16.9 Å². The Hall–Kier alpha value is -1.73. The van der Waals surface area contributed by atoms with Crippen LogP contribution in [0, 0.1) is 0 Å². The molecule has 1 aromatic heterocycles. The first kappa shape index (κ1) is 18.6. The summed E-state index contributed by atoms with van der Waals surface area (Å²) >= 11 is 13.4. The third kappa shape index (κ3) is 4.09. The molecular formula is C19H18Cl2N3O2S+. The van der Waals surface area contributed by atoms with E-state index in [0.717, 1.165) is 36.9 Å². The molecule has 140 valence electrons. The number of hydrogen-bond donors (Lipinski definition) is 1. The van der Waals surface area contributed by atoms with E-state index in [1.807, 2.05) is 18.2 Å². The van der Waals surface area contributed by atoms with Crippen molar-refractivity contribution < 1.29 is 14.1 Å². The third-order valence-electron chi connectivity index (χ3n) is 4.60. The number of piperazine rings is 1. The zero-order valence-electron chi connectivity index (χ0n) is 14.7. The second kappa shape index (κ2) is 7.72. The molecule has 0 unspecified atom stereocenters. The van der Waals surface area contributed by atoms with Crippen molar-refractivity contribution >= 4 is 52.1 Å². The molecule has 27 heavy (non-hydrogen) atoms.